The summed E-state index contributed by atoms with van der Waals surface area (Å²) in [7, 11) is 0. The van der Waals surface area contributed by atoms with Crippen LogP contribution < -0.4 is 5.43 Å². The van der Waals surface area contributed by atoms with Gasteiger partial charge in [-0.25, -0.2) is 0 Å². The largest absolute Gasteiger partial charge is 0.452 e. The van der Waals surface area contributed by atoms with Crippen molar-refractivity contribution in [3.05, 3.63) is 125 Å². The maximum absolute atomic E-state index is 13.4. The molecule has 4 aromatic heterocycles. The van der Waals surface area contributed by atoms with Crippen molar-refractivity contribution in [1.82, 2.24) is 4.57 Å². The third-order valence-electron chi connectivity index (χ3n) is 8.58. The molecule has 0 saturated heterocycles. The van der Waals surface area contributed by atoms with Gasteiger partial charge in [-0.15, -0.1) is 11.3 Å². The highest BCUT2D eigenvalue weighted by molar-refractivity contribution is 7.24. The molecule has 0 atom stereocenters. The molecule has 0 aliphatic rings. The Morgan fingerprint density at radius 3 is 1.90 bits per heavy atom. The fraction of sp³-hybridized carbons (Fsp3) is 0. The minimum atomic E-state index is 0.0721. The average Bonchev–Trinajstić information content (AvgIpc) is 3.70. The highest BCUT2D eigenvalue weighted by atomic mass is 32.1. The highest BCUT2D eigenvalue weighted by Crippen LogP contribution is 2.48. The second-order valence-electron chi connectivity index (χ2n) is 10.8. The van der Waals surface area contributed by atoms with Crippen molar-refractivity contribution >= 4 is 97.2 Å². The average molecular weight is 558 g/mol. The first-order chi connectivity index (χ1) is 20.8. The van der Waals surface area contributed by atoms with E-state index in [4.69, 9.17) is 8.83 Å². The third-order valence-corrected chi connectivity index (χ3v) is 9.71. The van der Waals surface area contributed by atoms with Gasteiger partial charge in [-0.05, 0) is 48.5 Å². The van der Waals surface area contributed by atoms with Gasteiger partial charge < -0.3 is 13.4 Å². The van der Waals surface area contributed by atoms with Crippen LogP contribution in [0.5, 0.6) is 0 Å². The number of benzene rings is 6. The maximum Gasteiger partial charge on any atom is 0.195 e. The summed E-state index contributed by atoms with van der Waals surface area (Å²) in [5, 5.41) is 7.96. The number of para-hydroxylation sites is 3. The molecule has 0 saturated carbocycles. The Morgan fingerprint density at radius 2 is 1.12 bits per heavy atom. The molecule has 10 aromatic rings. The zero-order chi connectivity index (χ0) is 27.5. The van der Waals surface area contributed by atoms with Gasteiger partial charge in [0.25, 0.3) is 0 Å². The van der Waals surface area contributed by atoms with E-state index >= 15 is 0 Å². The predicted octanol–water partition coefficient (Wildman–Crippen LogP) is 10.3. The van der Waals surface area contributed by atoms with Crippen LogP contribution >= 0.6 is 11.3 Å². The molecular weight excluding hydrogens is 538 g/mol. The number of aromatic nitrogens is 1. The van der Waals surface area contributed by atoms with Crippen molar-refractivity contribution in [2.75, 3.05) is 0 Å². The van der Waals surface area contributed by atoms with E-state index in [0.29, 0.717) is 0 Å². The van der Waals surface area contributed by atoms with Crippen LogP contribution in [0.2, 0.25) is 0 Å². The zero-order valence-corrected chi connectivity index (χ0v) is 22.9. The van der Waals surface area contributed by atoms with Gasteiger partial charge in [-0.3, -0.25) is 4.79 Å². The summed E-state index contributed by atoms with van der Waals surface area (Å²) in [5.74, 6) is 0. The molecule has 42 heavy (non-hydrogen) atoms. The summed E-state index contributed by atoms with van der Waals surface area (Å²) in [6.07, 6.45) is 0. The van der Waals surface area contributed by atoms with Crippen LogP contribution in [0.1, 0.15) is 0 Å². The normalized spacial score (nSPS) is 12.4. The molecule has 10 rings (SSSR count). The van der Waals surface area contributed by atoms with Crippen LogP contribution in [0.4, 0.5) is 0 Å². The molecule has 196 valence electrons. The van der Waals surface area contributed by atoms with Gasteiger partial charge in [0.2, 0.25) is 0 Å². The Morgan fingerprint density at radius 1 is 0.524 bits per heavy atom. The van der Waals surface area contributed by atoms with Gasteiger partial charge in [0.05, 0.1) is 16.4 Å². The fourth-order valence-corrected chi connectivity index (χ4v) is 7.93. The second-order valence-corrected chi connectivity index (χ2v) is 11.9. The van der Waals surface area contributed by atoms with Crippen LogP contribution in [0, 0.1) is 0 Å². The van der Waals surface area contributed by atoms with Crippen molar-refractivity contribution in [2.24, 2.45) is 0 Å². The van der Waals surface area contributed by atoms with E-state index in [0.717, 1.165) is 91.5 Å². The quantitative estimate of drug-likeness (QED) is 0.189. The molecule has 0 N–H and O–H groups in total. The third kappa shape index (κ3) is 2.73. The van der Waals surface area contributed by atoms with E-state index in [1.807, 2.05) is 54.6 Å². The van der Waals surface area contributed by atoms with Gasteiger partial charge in [-0.1, -0.05) is 66.7 Å². The van der Waals surface area contributed by atoms with E-state index < -0.39 is 0 Å². The molecule has 0 aliphatic heterocycles. The fourth-order valence-electron chi connectivity index (χ4n) is 6.82. The molecule has 0 radical (unpaired) electrons. The number of furan rings is 2. The molecule has 4 nitrogen and oxygen atoms in total. The van der Waals surface area contributed by atoms with Crippen molar-refractivity contribution in [1.29, 1.82) is 0 Å². The number of nitrogens with zero attached hydrogens (tertiary/aromatic N) is 1. The first-order valence-corrected chi connectivity index (χ1v) is 14.7. The van der Waals surface area contributed by atoms with Crippen LogP contribution in [0.15, 0.2) is 129 Å². The van der Waals surface area contributed by atoms with Gasteiger partial charge >= 0.3 is 0 Å². The SMILES string of the molecule is O=c1c2ccccc2sc2cc(-n3c4ccccc4c4c5c6ccccc6oc5c5oc6ccccc6c5c43)ccc12. The summed E-state index contributed by atoms with van der Waals surface area (Å²) in [5.41, 5.74) is 6.40. The monoisotopic (exact) mass is 557 g/mol. The molecule has 0 bridgehead atoms. The Labute approximate surface area is 241 Å². The lowest BCUT2D eigenvalue weighted by Crippen LogP contribution is -2.02. The van der Waals surface area contributed by atoms with Crippen LogP contribution in [-0.2, 0) is 0 Å². The highest BCUT2D eigenvalue weighted by Gasteiger charge is 2.26. The van der Waals surface area contributed by atoms with Crippen LogP contribution in [-0.4, -0.2) is 4.57 Å². The van der Waals surface area contributed by atoms with Crippen molar-refractivity contribution in [2.45, 2.75) is 0 Å². The number of hydrogen-bond acceptors (Lipinski definition) is 4. The van der Waals surface area contributed by atoms with E-state index in [2.05, 4.69) is 65.2 Å². The summed E-state index contributed by atoms with van der Waals surface area (Å²) in [6.45, 7) is 0. The van der Waals surface area contributed by atoms with Crippen LogP contribution in [0.25, 0.3) is 91.5 Å². The van der Waals surface area contributed by atoms with Gasteiger partial charge in [-0.2, -0.15) is 0 Å². The van der Waals surface area contributed by atoms with Gasteiger partial charge in [0, 0.05) is 52.8 Å². The number of rotatable bonds is 1. The summed E-state index contributed by atoms with van der Waals surface area (Å²) >= 11 is 1.65. The van der Waals surface area contributed by atoms with E-state index in [1.165, 1.54) is 0 Å². The minimum absolute atomic E-state index is 0.0721. The zero-order valence-electron chi connectivity index (χ0n) is 22.0. The van der Waals surface area contributed by atoms with E-state index in [-0.39, 0.29) is 5.43 Å². The van der Waals surface area contributed by atoms with Crippen LogP contribution in [0.3, 0.4) is 0 Å². The summed E-state index contributed by atoms with van der Waals surface area (Å²) in [6, 6.07) is 39.0. The van der Waals surface area contributed by atoms with Crippen molar-refractivity contribution < 1.29 is 8.83 Å². The molecule has 6 aromatic carbocycles. The topological polar surface area (TPSA) is 48.3 Å². The Bertz CT molecular complexity index is 2830. The Kier molecular flexibility index (Phi) is 4.18. The molecule has 4 heterocycles. The Hall–Kier alpha value is -5.39. The van der Waals surface area contributed by atoms with E-state index in [1.54, 1.807) is 11.3 Å². The lowest BCUT2D eigenvalue weighted by molar-refractivity contribution is 0.633. The lowest BCUT2D eigenvalue weighted by atomic mass is 10.0. The Balaban J connectivity index is 1.48. The van der Waals surface area contributed by atoms with Crippen molar-refractivity contribution in [3.63, 3.8) is 0 Å². The number of hydrogen-bond donors (Lipinski definition) is 0. The minimum Gasteiger partial charge on any atom is -0.452 e. The summed E-state index contributed by atoms with van der Waals surface area (Å²) in [4.78, 5) is 13.4. The van der Waals surface area contributed by atoms with Gasteiger partial charge in [0.1, 0.15) is 11.2 Å². The maximum atomic E-state index is 13.4. The van der Waals surface area contributed by atoms with Crippen molar-refractivity contribution in [3.8, 4) is 5.69 Å². The molecule has 5 heteroatoms. The summed E-state index contributed by atoms with van der Waals surface area (Å²) < 4.78 is 17.4. The molecule has 0 unspecified atom stereocenters. The lowest BCUT2D eigenvalue weighted by Gasteiger charge is -2.10. The second kappa shape index (κ2) is 7.87. The van der Waals surface area contributed by atoms with Gasteiger partial charge in [0.15, 0.2) is 16.6 Å². The molecule has 0 spiro atoms. The first kappa shape index (κ1) is 22.3. The first-order valence-electron chi connectivity index (χ1n) is 13.9. The number of fused-ring (bicyclic) bond motifs is 14. The standard InChI is InChI=1S/C37H19NO3S/c39-35-24-12-4-8-16-29(24)42-30-19-20(17-18-25(30)35)38-26-13-5-1-9-21(26)31-32-22-10-2-6-14-27(22)40-36(32)37-33(34(31)38)23-11-3-7-15-28(23)41-37/h1-19H. The molecular formula is C37H19NO3S. The molecule has 0 aliphatic carbocycles. The molecule has 0 fully saturated rings. The van der Waals surface area contributed by atoms with E-state index in [9.17, 15) is 4.79 Å². The smallest absolute Gasteiger partial charge is 0.195 e. The predicted molar refractivity (Wildman–Crippen MR) is 174 cm³/mol. The molecule has 0 amide bonds.